The Balaban J connectivity index is 1.54. The van der Waals surface area contributed by atoms with Crippen molar-refractivity contribution in [1.29, 1.82) is 0 Å². The van der Waals surface area contributed by atoms with E-state index in [0.29, 0.717) is 34.5 Å². The van der Waals surface area contributed by atoms with Gasteiger partial charge in [0.2, 0.25) is 11.8 Å². The van der Waals surface area contributed by atoms with Crippen LogP contribution in [0.1, 0.15) is 10.4 Å². The molecule has 0 saturated carbocycles. The normalized spacial score (nSPS) is 10.5. The smallest absolute Gasteiger partial charge is 0.258 e. The first kappa shape index (κ1) is 17.4. The number of rotatable bonds is 5. The number of amides is 1. The fourth-order valence-corrected chi connectivity index (χ4v) is 2.54. The maximum absolute atomic E-state index is 12.4. The molecule has 0 atom stereocenters. The number of carbonyl (C=O) groups excluding carboxylic acids is 1. The molecule has 7 heteroatoms. The van der Waals surface area contributed by atoms with Crippen LogP contribution in [-0.2, 0) is 0 Å². The maximum Gasteiger partial charge on any atom is 0.258 e. The van der Waals surface area contributed by atoms with Gasteiger partial charge in [-0.15, -0.1) is 0 Å². The summed E-state index contributed by atoms with van der Waals surface area (Å²) in [5, 5.41) is 3.58. The number of carbonyl (C=O) groups is 1. The molecule has 28 heavy (non-hydrogen) atoms. The van der Waals surface area contributed by atoms with Crippen LogP contribution in [0, 0.1) is 0 Å². The minimum Gasteiger partial charge on any atom is -0.481 e. The molecule has 0 aliphatic rings. The maximum atomic E-state index is 12.4. The van der Waals surface area contributed by atoms with E-state index in [4.69, 9.17) is 9.47 Å². The van der Waals surface area contributed by atoms with Gasteiger partial charge in [0.15, 0.2) is 5.65 Å². The number of aromatic nitrogens is 3. The van der Waals surface area contributed by atoms with Gasteiger partial charge in [-0.25, -0.2) is 9.97 Å². The SMILES string of the molecule is COc1ccc(C(=O)Nc2ccc3ccc(Oc4ccccc4)nc3n2)cn1. The monoisotopic (exact) mass is 372 g/mol. The molecule has 0 saturated heterocycles. The first-order valence-corrected chi connectivity index (χ1v) is 8.53. The van der Waals surface area contributed by atoms with E-state index in [9.17, 15) is 4.79 Å². The standard InChI is InChI=1S/C21H16N4O3/c1-27-18-11-9-15(13-22-18)21(26)24-17-10-7-14-8-12-19(25-20(14)23-17)28-16-5-3-2-4-6-16/h2-13H,1H3,(H,23,24,25,26). The third-order valence-corrected chi connectivity index (χ3v) is 3.94. The highest BCUT2D eigenvalue weighted by Gasteiger charge is 2.09. The van der Waals surface area contributed by atoms with Crippen molar-refractivity contribution in [3.8, 4) is 17.5 Å². The molecule has 4 aromatic rings. The molecule has 3 heterocycles. The lowest BCUT2D eigenvalue weighted by atomic mass is 10.2. The van der Waals surface area contributed by atoms with E-state index in [1.807, 2.05) is 42.5 Å². The number of methoxy groups -OCH3 is 1. The molecular formula is C21H16N4O3. The minimum absolute atomic E-state index is 0.321. The van der Waals surface area contributed by atoms with E-state index in [1.54, 1.807) is 24.3 Å². The van der Waals surface area contributed by atoms with E-state index in [0.717, 1.165) is 5.39 Å². The molecular weight excluding hydrogens is 356 g/mol. The summed E-state index contributed by atoms with van der Waals surface area (Å²) in [5.74, 6) is 1.62. The highest BCUT2D eigenvalue weighted by atomic mass is 16.5. The molecule has 0 fully saturated rings. The summed E-state index contributed by atoms with van der Waals surface area (Å²) in [5.41, 5.74) is 0.871. The molecule has 0 bridgehead atoms. The zero-order valence-electron chi connectivity index (χ0n) is 15.0. The number of nitrogens with one attached hydrogen (secondary N) is 1. The number of anilines is 1. The summed E-state index contributed by atoms with van der Waals surface area (Å²) in [6.07, 6.45) is 1.44. The van der Waals surface area contributed by atoms with Gasteiger partial charge < -0.3 is 14.8 Å². The van der Waals surface area contributed by atoms with Crippen molar-refractivity contribution in [3.05, 3.63) is 78.5 Å². The first-order chi connectivity index (χ1) is 13.7. The fraction of sp³-hybridized carbons (Fsp3) is 0.0476. The lowest BCUT2D eigenvalue weighted by molar-refractivity contribution is 0.102. The van der Waals surface area contributed by atoms with Gasteiger partial charge in [0.25, 0.3) is 5.91 Å². The van der Waals surface area contributed by atoms with Crippen LogP contribution in [0.5, 0.6) is 17.5 Å². The van der Waals surface area contributed by atoms with Crippen LogP contribution in [0.4, 0.5) is 5.82 Å². The number of ether oxygens (including phenoxy) is 2. The van der Waals surface area contributed by atoms with Crippen molar-refractivity contribution in [2.24, 2.45) is 0 Å². The Morgan fingerprint density at radius 1 is 0.893 bits per heavy atom. The molecule has 3 aromatic heterocycles. The number of fused-ring (bicyclic) bond motifs is 1. The first-order valence-electron chi connectivity index (χ1n) is 8.53. The predicted molar refractivity (Wildman–Crippen MR) is 105 cm³/mol. The molecule has 1 N–H and O–H groups in total. The van der Waals surface area contributed by atoms with E-state index >= 15 is 0 Å². The fourth-order valence-electron chi connectivity index (χ4n) is 2.54. The molecule has 0 radical (unpaired) electrons. The van der Waals surface area contributed by atoms with E-state index in [-0.39, 0.29) is 5.91 Å². The largest absolute Gasteiger partial charge is 0.481 e. The zero-order valence-corrected chi connectivity index (χ0v) is 15.0. The molecule has 1 amide bonds. The lowest BCUT2D eigenvalue weighted by Gasteiger charge is -2.08. The van der Waals surface area contributed by atoms with Gasteiger partial charge >= 0.3 is 0 Å². The van der Waals surface area contributed by atoms with Crippen molar-refractivity contribution in [3.63, 3.8) is 0 Å². The molecule has 0 unspecified atom stereocenters. The van der Waals surface area contributed by atoms with Crippen molar-refractivity contribution in [2.45, 2.75) is 0 Å². The van der Waals surface area contributed by atoms with Crippen LogP contribution < -0.4 is 14.8 Å². The summed E-state index contributed by atoms with van der Waals surface area (Å²) >= 11 is 0. The van der Waals surface area contributed by atoms with Crippen molar-refractivity contribution >= 4 is 22.8 Å². The van der Waals surface area contributed by atoms with Crippen LogP contribution >= 0.6 is 0 Å². The second kappa shape index (κ2) is 7.71. The second-order valence-corrected chi connectivity index (χ2v) is 5.85. The Labute approximate surface area is 161 Å². The van der Waals surface area contributed by atoms with Gasteiger partial charge in [0.05, 0.1) is 12.7 Å². The lowest BCUT2D eigenvalue weighted by Crippen LogP contribution is -2.13. The zero-order chi connectivity index (χ0) is 19.3. The van der Waals surface area contributed by atoms with Crippen molar-refractivity contribution in [1.82, 2.24) is 15.0 Å². The van der Waals surface area contributed by atoms with Crippen LogP contribution in [0.15, 0.2) is 72.9 Å². The quantitative estimate of drug-likeness (QED) is 0.568. The highest BCUT2D eigenvalue weighted by molar-refractivity contribution is 6.03. The van der Waals surface area contributed by atoms with E-state index < -0.39 is 0 Å². The molecule has 7 nitrogen and oxygen atoms in total. The predicted octanol–water partition coefficient (Wildman–Crippen LogP) is 4.08. The molecule has 138 valence electrons. The van der Waals surface area contributed by atoms with Crippen LogP contribution in [0.2, 0.25) is 0 Å². The Kier molecular flexibility index (Phi) is 4.79. The second-order valence-electron chi connectivity index (χ2n) is 5.85. The summed E-state index contributed by atoms with van der Waals surface area (Å²) in [6, 6.07) is 19.8. The molecule has 0 aliphatic carbocycles. The van der Waals surface area contributed by atoms with Crippen molar-refractivity contribution in [2.75, 3.05) is 12.4 Å². The third kappa shape index (κ3) is 3.88. The summed E-state index contributed by atoms with van der Waals surface area (Å²) in [7, 11) is 1.52. The number of pyridine rings is 3. The average Bonchev–Trinajstić information content (AvgIpc) is 2.74. The molecule has 4 rings (SSSR count). The number of hydrogen-bond donors (Lipinski definition) is 1. The van der Waals surface area contributed by atoms with Gasteiger partial charge in [-0.1, -0.05) is 18.2 Å². The Bertz CT molecular complexity index is 1120. The minimum atomic E-state index is -0.321. The van der Waals surface area contributed by atoms with E-state index in [2.05, 4.69) is 20.3 Å². The number of hydrogen-bond acceptors (Lipinski definition) is 6. The van der Waals surface area contributed by atoms with Crippen LogP contribution in [0.3, 0.4) is 0 Å². The van der Waals surface area contributed by atoms with Gasteiger partial charge in [0, 0.05) is 23.7 Å². The van der Waals surface area contributed by atoms with Gasteiger partial charge in [-0.05, 0) is 36.4 Å². The van der Waals surface area contributed by atoms with E-state index in [1.165, 1.54) is 13.3 Å². The van der Waals surface area contributed by atoms with Gasteiger partial charge in [-0.3, -0.25) is 4.79 Å². The van der Waals surface area contributed by atoms with Gasteiger partial charge in [-0.2, -0.15) is 4.98 Å². The Morgan fingerprint density at radius 3 is 2.43 bits per heavy atom. The number of benzene rings is 1. The highest BCUT2D eigenvalue weighted by Crippen LogP contribution is 2.22. The molecule has 0 aliphatic heterocycles. The average molecular weight is 372 g/mol. The van der Waals surface area contributed by atoms with Gasteiger partial charge in [0.1, 0.15) is 11.6 Å². The van der Waals surface area contributed by atoms with Crippen LogP contribution in [0.25, 0.3) is 11.0 Å². The third-order valence-electron chi connectivity index (χ3n) is 3.94. The Hall–Kier alpha value is -4.00. The molecule has 1 aromatic carbocycles. The van der Waals surface area contributed by atoms with Crippen molar-refractivity contribution < 1.29 is 14.3 Å². The molecule has 0 spiro atoms. The summed E-state index contributed by atoms with van der Waals surface area (Å²) in [6.45, 7) is 0. The van der Waals surface area contributed by atoms with Crippen LogP contribution in [-0.4, -0.2) is 28.0 Å². The topological polar surface area (TPSA) is 86.2 Å². The summed E-state index contributed by atoms with van der Waals surface area (Å²) < 4.78 is 10.7. The summed E-state index contributed by atoms with van der Waals surface area (Å²) in [4.78, 5) is 25.2. The Morgan fingerprint density at radius 2 is 1.68 bits per heavy atom. The number of nitrogens with zero attached hydrogens (tertiary/aromatic N) is 3. The number of para-hydroxylation sites is 1.